The summed E-state index contributed by atoms with van der Waals surface area (Å²) in [5, 5.41) is 6.41. The van der Waals surface area contributed by atoms with Crippen LogP contribution >= 0.6 is 38.9 Å². The Hall–Kier alpha value is -1.91. The molecule has 1 aliphatic carbocycles. The van der Waals surface area contributed by atoms with E-state index in [2.05, 4.69) is 41.3 Å². The number of fused-ring (bicyclic) bond motifs is 1. The summed E-state index contributed by atoms with van der Waals surface area (Å²) in [5.74, 6) is -1.33. The number of methoxy groups -OCH3 is 1. The van der Waals surface area contributed by atoms with Gasteiger partial charge in [-0.05, 0) is 35.7 Å². The van der Waals surface area contributed by atoms with Gasteiger partial charge in [0.2, 0.25) is 5.91 Å². The fraction of sp³-hybridized carbons (Fsp3) is 0.412. The first-order valence-electron chi connectivity index (χ1n) is 8.48. The Bertz CT molecular complexity index is 942. The van der Waals surface area contributed by atoms with Crippen molar-refractivity contribution in [2.45, 2.75) is 38.6 Å². The summed E-state index contributed by atoms with van der Waals surface area (Å²) in [4.78, 5) is 43.9. The molecule has 0 saturated heterocycles. The molecule has 2 heterocycles. The second kappa shape index (κ2) is 8.62. The van der Waals surface area contributed by atoms with Crippen LogP contribution in [-0.2, 0) is 27.2 Å². The average molecular weight is 490 g/mol. The van der Waals surface area contributed by atoms with Crippen molar-refractivity contribution in [2.75, 3.05) is 12.4 Å². The Morgan fingerprint density at radius 2 is 2.18 bits per heavy atom. The summed E-state index contributed by atoms with van der Waals surface area (Å²) in [6.07, 6.45) is 1.68. The lowest BCUT2D eigenvalue weighted by Gasteiger charge is -2.22. The van der Waals surface area contributed by atoms with Crippen molar-refractivity contribution in [3.05, 3.63) is 31.5 Å². The van der Waals surface area contributed by atoms with Crippen LogP contribution in [0.5, 0.6) is 0 Å². The van der Waals surface area contributed by atoms with Crippen molar-refractivity contribution in [3.8, 4) is 0 Å². The zero-order valence-electron chi connectivity index (χ0n) is 15.2. The fourth-order valence-electron chi connectivity index (χ4n) is 2.90. The van der Waals surface area contributed by atoms with Crippen LogP contribution in [0, 0.1) is 6.92 Å². The van der Waals surface area contributed by atoms with Crippen LogP contribution in [0.4, 0.5) is 5.13 Å². The van der Waals surface area contributed by atoms with Gasteiger partial charge in [0.15, 0.2) is 5.13 Å². The number of nitrogens with one attached hydrogen (secondary N) is 3. The lowest BCUT2D eigenvalue weighted by atomic mass is 9.97. The summed E-state index contributed by atoms with van der Waals surface area (Å²) < 4.78 is 5.15. The number of aromatic nitrogens is 2. The van der Waals surface area contributed by atoms with E-state index in [0.717, 1.165) is 22.7 Å². The van der Waals surface area contributed by atoms with Gasteiger partial charge in [-0.25, -0.2) is 4.98 Å². The molecule has 0 aromatic carbocycles. The summed E-state index contributed by atoms with van der Waals surface area (Å²) in [6, 6.07) is -0.0579. The standard InChI is InChI=1S/C17H18BrClN4O4S/c1-7-13(18)14(19)15(20-7)16(26)21-8-3-4-9-10(5-8)28-17(22-9)23-11(24)6-12(25)27-2/h8,20H,3-6H2,1-2H3,(H,21,26)(H,22,23,24)/t8-/m0/s1. The minimum atomic E-state index is -0.605. The van der Waals surface area contributed by atoms with E-state index in [1.807, 2.05) is 6.92 Å². The maximum absolute atomic E-state index is 12.5. The predicted octanol–water partition coefficient (Wildman–Crippen LogP) is 2.98. The number of halogens is 2. The number of ether oxygens (including phenoxy) is 1. The van der Waals surface area contributed by atoms with Gasteiger partial charge in [-0.2, -0.15) is 0 Å². The zero-order chi connectivity index (χ0) is 20.4. The molecule has 1 atom stereocenters. The van der Waals surface area contributed by atoms with E-state index in [-0.39, 0.29) is 18.4 Å². The number of H-pyrrole nitrogens is 1. The first kappa shape index (κ1) is 20.8. The highest BCUT2D eigenvalue weighted by atomic mass is 79.9. The minimum absolute atomic E-state index is 0.0579. The number of thiazole rings is 1. The Morgan fingerprint density at radius 3 is 2.82 bits per heavy atom. The van der Waals surface area contributed by atoms with Gasteiger partial charge >= 0.3 is 5.97 Å². The maximum atomic E-state index is 12.5. The number of aryl methyl sites for hydroxylation is 2. The predicted molar refractivity (Wildman–Crippen MR) is 109 cm³/mol. The van der Waals surface area contributed by atoms with Crippen molar-refractivity contribution >= 4 is 61.8 Å². The van der Waals surface area contributed by atoms with Crippen molar-refractivity contribution in [2.24, 2.45) is 0 Å². The molecule has 3 rings (SSSR count). The first-order valence-corrected chi connectivity index (χ1v) is 10.5. The number of hydrogen-bond donors (Lipinski definition) is 3. The van der Waals surface area contributed by atoms with Gasteiger partial charge in [0.05, 0.1) is 22.3 Å². The van der Waals surface area contributed by atoms with Crippen molar-refractivity contribution < 1.29 is 19.1 Å². The molecular formula is C17H18BrClN4O4S. The highest BCUT2D eigenvalue weighted by molar-refractivity contribution is 9.10. The molecule has 0 saturated carbocycles. The number of nitrogens with zero attached hydrogens (tertiary/aromatic N) is 1. The molecule has 0 fully saturated rings. The Balaban J connectivity index is 1.62. The number of carbonyl (C=O) groups excluding carboxylic acids is 3. The molecule has 1 aliphatic rings. The molecule has 2 aromatic heterocycles. The van der Waals surface area contributed by atoms with Gasteiger partial charge in [0.1, 0.15) is 12.1 Å². The molecule has 2 aromatic rings. The Morgan fingerprint density at radius 1 is 1.43 bits per heavy atom. The summed E-state index contributed by atoms with van der Waals surface area (Å²) >= 11 is 10.9. The van der Waals surface area contributed by atoms with Crippen molar-refractivity contribution in [3.63, 3.8) is 0 Å². The third-order valence-electron chi connectivity index (χ3n) is 4.33. The van der Waals surface area contributed by atoms with Crippen LogP contribution in [0.1, 0.15) is 39.6 Å². The van der Waals surface area contributed by atoms with Crippen molar-refractivity contribution in [1.29, 1.82) is 0 Å². The van der Waals surface area contributed by atoms with Crippen LogP contribution in [0.3, 0.4) is 0 Å². The van der Waals surface area contributed by atoms with Crippen LogP contribution in [0.25, 0.3) is 0 Å². The molecule has 2 amide bonds. The van der Waals surface area contributed by atoms with Crippen LogP contribution in [0.2, 0.25) is 5.02 Å². The SMILES string of the molecule is COC(=O)CC(=O)Nc1nc2c(s1)C[C@@H](NC(=O)c1[nH]c(C)c(Br)c1Cl)CC2. The lowest BCUT2D eigenvalue weighted by Crippen LogP contribution is -2.38. The first-order chi connectivity index (χ1) is 13.3. The number of amides is 2. The van der Waals surface area contributed by atoms with E-state index in [4.69, 9.17) is 11.6 Å². The quantitative estimate of drug-likeness (QED) is 0.441. The minimum Gasteiger partial charge on any atom is -0.469 e. The Labute approximate surface area is 178 Å². The molecule has 0 radical (unpaired) electrons. The van der Waals surface area contributed by atoms with E-state index in [1.54, 1.807) is 0 Å². The number of esters is 1. The third kappa shape index (κ3) is 4.56. The topological polar surface area (TPSA) is 113 Å². The highest BCUT2D eigenvalue weighted by Gasteiger charge is 2.26. The molecule has 8 nitrogen and oxygen atoms in total. The largest absolute Gasteiger partial charge is 0.469 e. The molecule has 0 spiro atoms. The highest BCUT2D eigenvalue weighted by Crippen LogP contribution is 2.32. The molecule has 0 bridgehead atoms. The van der Waals surface area contributed by atoms with Gasteiger partial charge in [-0.1, -0.05) is 11.6 Å². The smallest absolute Gasteiger partial charge is 0.315 e. The second-order valence-corrected chi connectivity index (χ2v) is 8.61. The molecule has 0 aliphatic heterocycles. The van der Waals surface area contributed by atoms with Gasteiger partial charge in [0.25, 0.3) is 5.91 Å². The molecule has 28 heavy (non-hydrogen) atoms. The molecule has 3 N–H and O–H groups in total. The number of aromatic amines is 1. The molecule has 0 unspecified atom stereocenters. The van der Waals surface area contributed by atoms with Crippen LogP contribution in [0.15, 0.2) is 4.47 Å². The maximum Gasteiger partial charge on any atom is 0.315 e. The van der Waals surface area contributed by atoms with Crippen molar-refractivity contribution in [1.82, 2.24) is 15.3 Å². The number of anilines is 1. The number of hydrogen-bond acceptors (Lipinski definition) is 6. The second-order valence-electron chi connectivity index (χ2n) is 6.36. The molecule has 11 heteroatoms. The summed E-state index contributed by atoms with van der Waals surface area (Å²) in [5.41, 5.74) is 2.02. The summed E-state index contributed by atoms with van der Waals surface area (Å²) in [7, 11) is 1.23. The third-order valence-corrected chi connectivity index (χ3v) is 6.97. The van der Waals surface area contributed by atoms with Crippen LogP contribution < -0.4 is 10.6 Å². The van der Waals surface area contributed by atoms with Gasteiger partial charge < -0.3 is 20.4 Å². The normalized spacial score (nSPS) is 15.6. The fourth-order valence-corrected chi connectivity index (χ4v) is 4.58. The van der Waals surface area contributed by atoms with E-state index in [9.17, 15) is 14.4 Å². The van der Waals surface area contributed by atoms with E-state index in [0.29, 0.717) is 33.2 Å². The van der Waals surface area contributed by atoms with E-state index >= 15 is 0 Å². The van der Waals surface area contributed by atoms with Gasteiger partial charge in [-0.15, -0.1) is 11.3 Å². The summed E-state index contributed by atoms with van der Waals surface area (Å²) in [6.45, 7) is 1.83. The van der Waals surface area contributed by atoms with E-state index in [1.165, 1.54) is 18.4 Å². The Kier molecular flexibility index (Phi) is 6.41. The lowest BCUT2D eigenvalue weighted by molar-refractivity contribution is -0.142. The van der Waals surface area contributed by atoms with Crippen LogP contribution in [-0.4, -0.2) is 40.9 Å². The van der Waals surface area contributed by atoms with E-state index < -0.39 is 11.9 Å². The van der Waals surface area contributed by atoms with Gasteiger partial charge in [0, 0.05) is 23.0 Å². The number of rotatable bonds is 5. The van der Waals surface area contributed by atoms with Gasteiger partial charge in [-0.3, -0.25) is 14.4 Å². The molecular weight excluding hydrogens is 472 g/mol. The monoisotopic (exact) mass is 488 g/mol. The zero-order valence-corrected chi connectivity index (χ0v) is 18.3. The average Bonchev–Trinajstić information content (AvgIpc) is 3.16. The molecule has 150 valence electrons. The number of carbonyl (C=O) groups is 3.